The third-order valence-electron chi connectivity index (χ3n) is 2.02. The maximum atomic E-state index is 2.25. The Morgan fingerprint density at radius 3 is 2.62 bits per heavy atom. The summed E-state index contributed by atoms with van der Waals surface area (Å²) >= 11 is 3.71. The fourth-order valence-electron chi connectivity index (χ4n) is 1.30. The zero-order valence-electron chi connectivity index (χ0n) is 7.62. The first-order chi connectivity index (χ1) is 6.38. The van der Waals surface area contributed by atoms with Crippen LogP contribution in [0.2, 0.25) is 0 Å². The molecule has 0 nitrogen and oxygen atoms in total. The van der Waals surface area contributed by atoms with E-state index in [1.807, 2.05) is 11.3 Å². The van der Waals surface area contributed by atoms with E-state index >= 15 is 0 Å². The predicted octanol–water partition coefficient (Wildman–Crippen LogP) is 3.96. The van der Waals surface area contributed by atoms with Gasteiger partial charge < -0.3 is 0 Å². The highest BCUT2D eigenvalue weighted by atomic mass is 32.1. The summed E-state index contributed by atoms with van der Waals surface area (Å²) in [5, 5.41) is 4.37. The molecule has 0 unspecified atom stereocenters. The fraction of sp³-hybridized carbons (Fsp3) is 0.273. The smallest absolute Gasteiger partial charge is 0.00922 e. The number of rotatable bonds is 3. The molecule has 0 fully saturated rings. The number of aryl methyl sites for hydroxylation is 1. The Morgan fingerprint density at radius 2 is 2.00 bits per heavy atom. The van der Waals surface area contributed by atoms with Gasteiger partial charge >= 0.3 is 0 Å². The molecule has 2 heteroatoms. The minimum Gasteiger partial charge on any atom is -0.152 e. The highest BCUT2D eigenvalue weighted by Gasteiger charge is 2.00. The van der Waals surface area contributed by atoms with E-state index in [-0.39, 0.29) is 0 Å². The van der Waals surface area contributed by atoms with Crippen molar-refractivity contribution in [3.63, 3.8) is 0 Å². The van der Waals surface area contributed by atoms with Crippen molar-refractivity contribution >= 4 is 22.7 Å². The van der Waals surface area contributed by atoms with E-state index in [1.165, 1.54) is 15.3 Å². The van der Waals surface area contributed by atoms with Crippen LogP contribution in [0.5, 0.6) is 0 Å². The predicted molar refractivity (Wildman–Crippen MR) is 60.8 cm³/mol. The lowest BCUT2D eigenvalue weighted by molar-refractivity contribution is 1.19. The summed E-state index contributed by atoms with van der Waals surface area (Å²) < 4.78 is 0. The van der Waals surface area contributed by atoms with Gasteiger partial charge in [0, 0.05) is 16.2 Å². The second-order valence-corrected chi connectivity index (χ2v) is 5.06. The van der Waals surface area contributed by atoms with Crippen molar-refractivity contribution in [2.75, 3.05) is 0 Å². The Bertz CT molecular complexity index is 357. The summed E-state index contributed by atoms with van der Waals surface area (Å²) in [6.45, 7) is 2.21. The maximum Gasteiger partial charge on any atom is 0.00922 e. The van der Waals surface area contributed by atoms with Gasteiger partial charge in [-0.2, -0.15) is 11.3 Å². The molecule has 0 radical (unpaired) electrons. The van der Waals surface area contributed by atoms with Gasteiger partial charge in [0.1, 0.15) is 0 Å². The van der Waals surface area contributed by atoms with Crippen molar-refractivity contribution < 1.29 is 0 Å². The molecule has 0 aliphatic rings. The lowest BCUT2D eigenvalue weighted by Gasteiger charge is -1.91. The van der Waals surface area contributed by atoms with E-state index in [2.05, 4.69) is 35.9 Å². The van der Waals surface area contributed by atoms with E-state index in [1.54, 1.807) is 11.3 Å². The average Bonchev–Trinajstić information content (AvgIpc) is 2.76. The Labute approximate surface area is 86.9 Å². The molecule has 0 aliphatic heterocycles. The van der Waals surface area contributed by atoms with Gasteiger partial charge in [-0.05, 0) is 40.9 Å². The molecular formula is C11H12S2. The highest BCUT2D eigenvalue weighted by Crippen LogP contribution is 2.21. The first-order valence-electron chi connectivity index (χ1n) is 4.47. The van der Waals surface area contributed by atoms with Crippen LogP contribution in [-0.4, -0.2) is 0 Å². The topological polar surface area (TPSA) is 0 Å². The lowest BCUT2D eigenvalue weighted by Crippen LogP contribution is -1.78. The van der Waals surface area contributed by atoms with E-state index in [0.29, 0.717) is 0 Å². The van der Waals surface area contributed by atoms with Crippen molar-refractivity contribution in [1.82, 2.24) is 0 Å². The molecule has 0 bridgehead atoms. The Hall–Kier alpha value is -0.600. The molecule has 0 aromatic carbocycles. The molecule has 2 aromatic heterocycles. The Balaban J connectivity index is 2.10. The van der Waals surface area contributed by atoms with Gasteiger partial charge in [-0.1, -0.05) is 6.92 Å². The quantitative estimate of drug-likeness (QED) is 0.716. The minimum atomic E-state index is 1.11. The molecule has 0 atom stereocenters. The van der Waals surface area contributed by atoms with Crippen molar-refractivity contribution in [3.8, 4) is 0 Å². The number of thiophene rings is 2. The van der Waals surface area contributed by atoms with Gasteiger partial charge in [-0.25, -0.2) is 0 Å². The van der Waals surface area contributed by atoms with Crippen LogP contribution in [0.4, 0.5) is 0 Å². The van der Waals surface area contributed by atoms with E-state index in [0.717, 1.165) is 12.8 Å². The van der Waals surface area contributed by atoms with Crippen LogP contribution in [0, 0.1) is 0 Å². The van der Waals surface area contributed by atoms with Crippen molar-refractivity contribution in [2.24, 2.45) is 0 Å². The number of hydrogen-bond donors (Lipinski definition) is 0. The summed E-state index contributed by atoms with van der Waals surface area (Å²) in [5.41, 5.74) is 1.44. The molecule has 0 spiro atoms. The molecule has 13 heavy (non-hydrogen) atoms. The molecule has 2 rings (SSSR count). The highest BCUT2D eigenvalue weighted by molar-refractivity contribution is 7.12. The lowest BCUT2D eigenvalue weighted by atomic mass is 10.2. The third-order valence-corrected chi connectivity index (χ3v) is 3.99. The van der Waals surface area contributed by atoms with E-state index < -0.39 is 0 Å². The second kappa shape index (κ2) is 4.07. The van der Waals surface area contributed by atoms with E-state index in [9.17, 15) is 0 Å². The SMILES string of the molecule is CCc1ccc(Cc2ccsc2)s1. The molecule has 2 aromatic rings. The molecule has 0 aliphatic carbocycles. The molecule has 0 N–H and O–H groups in total. The standard InChI is InChI=1S/C11H12S2/c1-2-10-3-4-11(13-10)7-9-5-6-12-8-9/h3-6,8H,2,7H2,1H3. The maximum absolute atomic E-state index is 2.25. The zero-order chi connectivity index (χ0) is 9.10. The normalized spacial score (nSPS) is 10.5. The summed E-state index contributed by atoms with van der Waals surface area (Å²) in [6.07, 6.45) is 2.27. The van der Waals surface area contributed by atoms with Gasteiger partial charge in [0.25, 0.3) is 0 Å². The van der Waals surface area contributed by atoms with Crippen LogP contribution in [-0.2, 0) is 12.8 Å². The third kappa shape index (κ3) is 2.20. The average molecular weight is 208 g/mol. The first-order valence-corrected chi connectivity index (χ1v) is 6.23. The minimum absolute atomic E-state index is 1.11. The summed E-state index contributed by atoms with van der Waals surface area (Å²) in [5.74, 6) is 0. The van der Waals surface area contributed by atoms with Gasteiger partial charge in [0.2, 0.25) is 0 Å². The Morgan fingerprint density at radius 1 is 1.15 bits per heavy atom. The van der Waals surface area contributed by atoms with Crippen LogP contribution < -0.4 is 0 Å². The van der Waals surface area contributed by atoms with Crippen LogP contribution >= 0.6 is 22.7 Å². The van der Waals surface area contributed by atoms with Crippen molar-refractivity contribution in [2.45, 2.75) is 19.8 Å². The van der Waals surface area contributed by atoms with Gasteiger partial charge in [0.05, 0.1) is 0 Å². The molecule has 68 valence electrons. The van der Waals surface area contributed by atoms with Crippen LogP contribution in [0.3, 0.4) is 0 Å². The summed E-state index contributed by atoms with van der Waals surface area (Å²) in [4.78, 5) is 2.97. The first kappa shape index (κ1) is 8.97. The van der Waals surface area contributed by atoms with Crippen LogP contribution in [0.25, 0.3) is 0 Å². The molecule has 2 heterocycles. The van der Waals surface area contributed by atoms with Gasteiger partial charge in [-0.15, -0.1) is 11.3 Å². The number of hydrogen-bond acceptors (Lipinski definition) is 2. The second-order valence-electron chi connectivity index (χ2n) is 3.03. The summed E-state index contributed by atoms with van der Waals surface area (Å²) in [6, 6.07) is 6.70. The monoisotopic (exact) mass is 208 g/mol. The fourth-order valence-corrected chi connectivity index (χ4v) is 2.96. The molecule has 0 saturated heterocycles. The summed E-state index contributed by atoms with van der Waals surface area (Å²) in [7, 11) is 0. The largest absolute Gasteiger partial charge is 0.152 e. The van der Waals surface area contributed by atoms with Crippen molar-refractivity contribution in [3.05, 3.63) is 44.3 Å². The van der Waals surface area contributed by atoms with Gasteiger partial charge in [-0.3, -0.25) is 0 Å². The molecule has 0 saturated carbocycles. The van der Waals surface area contributed by atoms with Crippen molar-refractivity contribution in [1.29, 1.82) is 0 Å². The van der Waals surface area contributed by atoms with E-state index in [4.69, 9.17) is 0 Å². The molecule has 0 amide bonds. The van der Waals surface area contributed by atoms with Gasteiger partial charge in [0.15, 0.2) is 0 Å². The van der Waals surface area contributed by atoms with Crippen LogP contribution in [0.1, 0.15) is 22.2 Å². The molecular weight excluding hydrogens is 196 g/mol. The zero-order valence-corrected chi connectivity index (χ0v) is 9.25. The van der Waals surface area contributed by atoms with Crippen LogP contribution in [0.15, 0.2) is 29.0 Å². The Kier molecular flexibility index (Phi) is 2.81.